The number of carbonyl (C=O) groups is 1. The number of aliphatic carboxylic acids is 1. The third-order valence-corrected chi connectivity index (χ3v) is 4.79. The van der Waals surface area contributed by atoms with Gasteiger partial charge in [0.2, 0.25) is 0 Å². The highest BCUT2D eigenvalue weighted by atomic mass is 16.5. The molecule has 3 rings (SSSR count). The highest BCUT2D eigenvalue weighted by molar-refractivity contribution is 5.66. The van der Waals surface area contributed by atoms with Gasteiger partial charge in [-0.3, -0.25) is 4.79 Å². The maximum Gasteiger partial charge on any atom is 0.305 e. The Morgan fingerprint density at radius 1 is 1.44 bits per heavy atom. The maximum absolute atomic E-state index is 10.3. The summed E-state index contributed by atoms with van der Waals surface area (Å²) in [6, 6.07) is 0. The Morgan fingerprint density at radius 3 is 2.75 bits per heavy atom. The molecule has 0 spiro atoms. The maximum atomic E-state index is 10.3. The van der Waals surface area contributed by atoms with Crippen LogP contribution in [0.1, 0.15) is 39.5 Å². The molecule has 0 aliphatic heterocycles. The Bertz CT molecular complexity index is 270. The molecule has 0 amide bonds. The van der Waals surface area contributed by atoms with Crippen molar-refractivity contribution in [3.63, 3.8) is 0 Å². The van der Waals surface area contributed by atoms with Crippen molar-refractivity contribution in [2.75, 3.05) is 13.2 Å². The molecule has 16 heavy (non-hydrogen) atoms. The molecule has 3 saturated carbocycles. The molecular weight excluding hydrogens is 204 g/mol. The molecule has 3 heteroatoms. The van der Waals surface area contributed by atoms with E-state index in [-0.39, 0.29) is 6.42 Å². The van der Waals surface area contributed by atoms with Crippen molar-refractivity contribution in [3.8, 4) is 0 Å². The predicted molar refractivity (Wildman–Crippen MR) is 61.2 cm³/mol. The Labute approximate surface area is 97.2 Å². The van der Waals surface area contributed by atoms with Crippen LogP contribution in [0.3, 0.4) is 0 Å². The lowest BCUT2D eigenvalue weighted by atomic mass is 9.46. The van der Waals surface area contributed by atoms with Crippen LogP contribution >= 0.6 is 0 Å². The van der Waals surface area contributed by atoms with E-state index in [0.717, 1.165) is 18.4 Å². The standard InChI is InChI=1S/C13H22O3/c1-13(2)10-4-3-9(11(13)7-10)8-16-6-5-12(14)15/h9-11H,3-8H2,1-2H3,(H,14,15)/t9-,10+,11+/m1/s1. The molecule has 0 saturated heterocycles. The number of carboxylic acid groups (broad SMARTS) is 1. The zero-order valence-electron chi connectivity index (χ0n) is 10.2. The van der Waals surface area contributed by atoms with E-state index in [4.69, 9.17) is 9.84 Å². The molecule has 3 atom stereocenters. The van der Waals surface area contributed by atoms with Crippen LogP contribution in [0.15, 0.2) is 0 Å². The molecule has 0 radical (unpaired) electrons. The van der Waals surface area contributed by atoms with Crippen molar-refractivity contribution in [1.29, 1.82) is 0 Å². The van der Waals surface area contributed by atoms with Gasteiger partial charge in [0.25, 0.3) is 0 Å². The molecule has 3 fully saturated rings. The second-order valence-corrected chi connectivity index (χ2v) is 5.92. The first kappa shape index (κ1) is 11.9. The highest BCUT2D eigenvalue weighted by Gasteiger charge is 2.53. The largest absolute Gasteiger partial charge is 0.481 e. The van der Waals surface area contributed by atoms with E-state index in [9.17, 15) is 4.79 Å². The van der Waals surface area contributed by atoms with Crippen LogP contribution in [0.25, 0.3) is 0 Å². The second-order valence-electron chi connectivity index (χ2n) is 5.92. The lowest BCUT2D eigenvalue weighted by Crippen LogP contribution is -2.53. The number of ether oxygens (including phenoxy) is 1. The van der Waals surface area contributed by atoms with Crippen LogP contribution in [-0.2, 0) is 9.53 Å². The number of rotatable bonds is 5. The molecule has 1 N–H and O–H groups in total. The topological polar surface area (TPSA) is 46.5 Å². The van der Waals surface area contributed by atoms with E-state index < -0.39 is 5.97 Å². The molecule has 3 aliphatic rings. The van der Waals surface area contributed by atoms with E-state index in [2.05, 4.69) is 13.8 Å². The zero-order chi connectivity index (χ0) is 11.8. The molecule has 3 aliphatic carbocycles. The van der Waals surface area contributed by atoms with Crippen molar-refractivity contribution < 1.29 is 14.6 Å². The molecular formula is C13H22O3. The third kappa shape index (κ3) is 2.10. The van der Waals surface area contributed by atoms with Crippen LogP contribution in [0.5, 0.6) is 0 Å². The first-order valence-electron chi connectivity index (χ1n) is 6.31. The monoisotopic (exact) mass is 226 g/mol. The second kappa shape index (κ2) is 4.36. The van der Waals surface area contributed by atoms with Gasteiger partial charge in [0.05, 0.1) is 13.0 Å². The summed E-state index contributed by atoms with van der Waals surface area (Å²) in [6.45, 7) is 5.86. The van der Waals surface area contributed by atoms with Crippen LogP contribution in [-0.4, -0.2) is 24.3 Å². The summed E-state index contributed by atoms with van der Waals surface area (Å²) in [5.74, 6) is 1.62. The summed E-state index contributed by atoms with van der Waals surface area (Å²) in [6.07, 6.45) is 4.09. The van der Waals surface area contributed by atoms with Crippen molar-refractivity contribution in [2.24, 2.45) is 23.2 Å². The minimum absolute atomic E-state index is 0.128. The minimum atomic E-state index is -0.771. The minimum Gasteiger partial charge on any atom is -0.481 e. The van der Waals surface area contributed by atoms with Gasteiger partial charge in [-0.25, -0.2) is 0 Å². The van der Waals surface area contributed by atoms with Gasteiger partial charge >= 0.3 is 5.97 Å². The fourth-order valence-corrected chi connectivity index (χ4v) is 3.56. The zero-order valence-corrected chi connectivity index (χ0v) is 10.2. The number of hydrogen-bond donors (Lipinski definition) is 1. The molecule has 0 aromatic rings. The van der Waals surface area contributed by atoms with E-state index in [1.807, 2.05) is 0 Å². The SMILES string of the molecule is CC1(C)[C@H]2CC[C@H](COCCC(=O)O)[C@@H]1C2. The first-order valence-corrected chi connectivity index (χ1v) is 6.31. The predicted octanol–water partition coefficient (Wildman–Crippen LogP) is 2.55. The molecule has 0 heterocycles. The molecule has 92 valence electrons. The Kier molecular flexibility index (Phi) is 3.24. The van der Waals surface area contributed by atoms with Gasteiger partial charge in [-0.2, -0.15) is 0 Å². The Morgan fingerprint density at radius 2 is 2.19 bits per heavy atom. The molecule has 0 aromatic carbocycles. The van der Waals surface area contributed by atoms with Crippen LogP contribution in [0.4, 0.5) is 0 Å². The smallest absolute Gasteiger partial charge is 0.305 e. The van der Waals surface area contributed by atoms with Gasteiger partial charge < -0.3 is 9.84 Å². The third-order valence-electron chi connectivity index (χ3n) is 4.79. The summed E-state index contributed by atoms with van der Waals surface area (Å²) in [5.41, 5.74) is 0.499. The summed E-state index contributed by atoms with van der Waals surface area (Å²) >= 11 is 0. The van der Waals surface area contributed by atoms with E-state index >= 15 is 0 Å². The van der Waals surface area contributed by atoms with Crippen LogP contribution in [0.2, 0.25) is 0 Å². The molecule has 3 nitrogen and oxygen atoms in total. The van der Waals surface area contributed by atoms with Gasteiger partial charge in [0, 0.05) is 6.61 Å². The summed E-state index contributed by atoms with van der Waals surface area (Å²) in [5, 5.41) is 8.51. The number of hydrogen-bond acceptors (Lipinski definition) is 2. The van der Waals surface area contributed by atoms with Crippen molar-refractivity contribution in [3.05, 3.63) is 0 Å². The van der Waals surface area contributed by atoms with Crippen molar-refractivity contribution >= 4 is 5.97 Å². The van der Waals surface area contributed by atoms with Gasteiger partial charge in [0.1, 0.15) is 0 Å². The number of fused-ring (bicyclic) bond motifs is 2. The summed E-state index contributed by atoms with van der Waals surface area (Å²) < 4.78 is 5.49. The first-order chi connectivity index (χ1) is 7.51. The Balaban J connectivity index is 1.72. The molecule has 0 aromatic heterocycles. The van der Waals surface area contributed by atoms with E-state index in [1.54, 1.807) is 0 Å². The van der Waals surface area contributed by atoms with Crippen molar-refractivity contribution in [2.45, 2.75) is 39.5 Å². The van der Waals surface area contributed by atoms with Gasteiger partial charge in [0.15, 0.2) is 0 Å². The summed E-state index contributed by atoms with van der Waals surface area (Å²) in [4.78, 5) is 10.3. The average Bonchev–Trinajstić information content (AvgIpc) is 2.24. The lowest BCUT2D eigenvalue weighted by Gasteiger charge is -2.60. The fourth-order valence-electron chi connectivity index (χ4n) is 3.56. The van der Waals surface area contributed by atoms with Gasteiger partial charge in [-0.15, -0.1) is 0 Å². The number of carboxylic acids is 1. The Hall–Kier alpha value is -0.570. The normalized spacial score (nSPS) is 35.5. The van der Waals surface area contributed by atoms with Gasteiger partial charge in [-0.05, 0) is 42.4 Å². The molecule has 2 bridgehead atoms. The van der Waals surface area contributed by atoms with E-state index in [1.165, 1.54) is 19.3 Å². The quantitative estimate of drug-likeness (QED) is 0.733. The lowest BCUT2D eigenvalue weighted by molar-refractivity contribution is -0.140. The van der Waals surface area contributed by atoms with Gasteiger partial charge in [-0.1, -0.05) is 13.8 Å². The summed E-state index contributed by atoms with van der Waals surface area (Å²) in [7, 11) is 0. The van der Waals surface area contributed by atoms with Crippen molar-refractivity contribution in [1.82, 2.24) is 0 Å². The van der Waals surface area contributed by atoms with E-state index in [0.29, 0.717) is 17.9 Å². The fraction of sp³-hybridized carbons (Fsp3) is 0.923. The van der Waals surface area contributed by atoms with Crippen LogP contribution in [0, 0.1) is 23.2 Å². The van der Waals surface area contributed by atoms with Crippen LogP contribution < -0.4 is 0 Å². The average molecular weight is 226 g/mol. The highest BCUT2D eigenvalue weighted by Crippen LogP contribution is 2.61. The molecule has 0 unspecified atom stereocenters.